The molecular weight excluding hydrogens is 653 g/mol. The van der Waals surface area contributed by atoms with Gasteiger partial charge < -0.3 is 10.2 Å². The van der Waals surface area contributed by atoms with E-state index >= 15 is 0 Å². The van der Waals surface area contributed by atoms with E-state index in [1.807, 2.05) is 49.4 Å². The van der Waals surface area contributed by atoms with Gasteiger partial charge in [-0.3, -0.25) is 13.9 Å². The van der Waals surface area contributed by atoms with E-state index in [2.05, 4.69) is 5.32 Å². The summed E-state index contributed by atoms with van der Waals surface area (Å²) in [6.07, 6.45) is 5.19. The highest BCUT2D eigenvalue weighted by atomic mass is 35.5. The summed E-state index contributed by atoms with van der Waals surface area (Å²) >= 11 is 12.7. The van der Waals surface area contributed by atoms with Crippen LogP contribution in [-0.4, -0.2) is 43.8 Å². The first-order valence-corrected chi connectivity index (χ1v) is 18.0. The molecule has 4 aromatic rings. The lowest BCUT2D eigenvalue weighted by molar-refractivity contribution is -0.140. The fraction of sp³-hybridized carbons (Fsp3) is 0.297. The van der Waals surface area contributed by atoms with Crippen molar-refractivity contribution in [3.05, 3.63) is 130 Å². The first-order chi connectivity index (χ1) is 22.6. The molecule has 246 valence electrons. The molecule has 0 spiro atoms. The number of carbonyl (C=O) groups excluding carboxylic acids is 2. The average Bonchev–Trinajstić information content (AvgIpc) is 3.07. The normalized spacial score (nSPS) is 14.3. The van der Waals surface area contributed by atoms with Crippen molar-refractivity contribution in [2.45, 2.75) is 69.0 Å². The largest absolute Gasteiger partial charge is 0.352 e. The second-order valence-electron chi connectivity index (χ2n) is 12.0. The highest BCUT2D eigenvalue weighted by Crippen LogP contribution is 2.27. The molecule has 0 aliphatic heterocycles. The zero-order valence-electron chi connectivity index (χ0n) is 26.3. The van der Waals surface area contributed by atoms with Gasteiger partial charge in [-0.1, -0.05) is 109 Å². The molecule has 4 aromatic carbocycles. The summed E-state index contributed by atoms with van der Waals surface area (Å²) in [6.45, 7) is 1.37. The number of hydrogen-bond donors (Lipinski definition) is 1. The SMILES string of the molecule is Cc1ccc(N(CC(=O)N(Cc2ccccc2Cl)[C@@H](Cc2ccccc2)C(=O)NC2CCCCC2)S(=O)(=O)c2ccc(Cl)cc2)cc1. The fourth-order valence-corrected chi connectivity index (χ4v) is 7.62. The van der Waals surface area contributed by atoms with Gasteiger partial charge in [0, 0.05) is 29.1 Å². The van der Waals surface area contributed by atoms with Crippen LogP contribution in [0, 0.1) is 6.92 Å². The number of halogens is 2. The van der Waals surface area contributed by atoms with Crippen LogP contribution in [0.15, 0.2) is 108 Å². The number of nitrogens with one attached hydrogen (secondary N) is 1. The molecule has 10 heteroatoms. The highest BCUT2D eigenvalue weighted by molar-refractivity contribution is 7.92. The molecule has 0 unspecified atom stereocenters. The Hall–Kier alpha value is -3.85. The summed E-state index contributed by atoms with van der Waals surface area (Å²) in [4.78, 5) is 30.3. The Morgan fingerprint density at radius 3 is 2.13 bits per heavy atom. The maximum atomic E-state index is 14.6. The quantitative estimate of drug-likeness (QED) is 0.166. The lowest BCUT2D eigenvalue weighted by Crippen LogP contribution is -2.55. The lowest BCUT2D eigenvalue weighted by Gasteiger charge is -2.35. The van der Waals surface area contributed by atoms with Crippen molar-refractivity contribution < 1.29 is 18.0 Å². The molecule has 1 aliphatic carbocycles. The molecule has 1 aliphatic rings. The third-order valence-electron chi connectivity index (χ3n) is 8.52. The number of carbonyl (C=O) groups is 2. The van der Waals surface area contributed by atoms with Crippen molar-refractivity contribution in [3.8, 4) is 0 Å². The van der Waals surface area contributed by atoms with Crippen LogP contribution in [0.4, 0.5) is 5.69 Å². The van der Waals surface area contributed by atoms with Gasteiger partial charge in [-0.15, -0.1) is 0 Å². The topological polar surface area (TPSA) is 86.8 Å². The maximum Gasteiger partial charge on any atom is 0.264 e. The van der Waals surface area contributed by atoms with E-state index < -0.39 is 28.5 Å². The van der Waals surface area contributed by atoms with Gasteiger partial charge in [-0.25, -0.2) is 8.42 Å². The number of anilines is 1. The number of sulfonamides is 1. The summed E-state index contributed by atoms with van der Waals surface area (Å²) in [6, 6.07) is 28.5. The molecule has 0 saturated heterocycles. The maximum absolute atomic E-state index is 14.6. The number of amides is 2. The van der Waals surface area contributed by atoms with Gasteiger partial charge in [-0.2, -0.15) is 0 Å². The Labute approximate surface area is 287 Å². The molecule has 0 radical (unpaired) electrons. The van der Waals surface area contributed by atoms with Crippen LogP contribution in [0.1, 0.15) is 48.8 Å². The van der Waals surface area contributed by atoms with Crippen LogP contribution in [0.25, 0.3) is 0 Å². The first kappa shape index (κ1) is 34.5. The lowest BCUT2D eigenvalue weighted by atomic mass is 9.94. The predicted octanol–water partition coefficient (Wildman–Crippen LogP) is 7.59. The summed E-state index contributed by atoms with van der Waals surface area (Å²) in [5.41, 5.74) is 2.78. The van der Waals surface area contributed by atoms with Crippen molar-refractivity contribution in [2.24, 2.45) is 0 Å². The Morgan fingerprint density at radius 1 is 0.830 bits per heavy atom. The highest BCUT2D eigenvalue weighted by Gasteiger charge is 2.35. The molecular formula is C37H39Cl2N3O4S. The third-order valence-corrected chi connectivity index (χ3v) is 10.9. The zero-order chi connectivity index (χ0) is 33.4. The van der Waals surface area contributed by atoms with Crippen LogP contribution in [0.2, 0.25) is 10.0 Å². The van der Waals surface area contributed by atoms with Crippen LogP contribution in [-0.2, 0) is 32.6 Å². The second kappa shape index (κ2) is 15.8. The van der Waals surface area contributed by atoms with Gasteiger partial charge >= 0.3 is 0 Å². The Balaban J connectivity index is 1.56. The molecule has 1 N–H and O–H groups in total. The van der Waals surface area contributed by atoms with E-state index in [0.717, 1.165) is 47.5 Å². The Bertz CT molecular complexity index is 1760. The predicted molar refractivity (Wildman–Crippen MR) is 188 cm³/mol. The molecule has 0 bridgehead atoms. The van der Waals surface area contributed by atoms with Gasteiger partial charge in [0.05, 0.1) is 10.6 Å². The molecule has 47 heavy (non-hydrogen) atoms. The second-order valence-corrected chi connectivity index (χ2v) is 14.7. The van der Waals surface area contributed by atoms with Crippen molar-refractivity contribution in [2.75, 3.05) is 10.8 Å². The van der Waals surface area contributed by atoms with Gasteiger partial charge in [0.2, 0.25) is 11.8 Å². The van der Waals surface area contributed by atoms with E-state index in [1.165, 1.54) is 29.2 Å². The number of aryl methyl sites for hydroxylation is 1. The van der Waals surface area contributed by atoms with Crippen LogP contribution >= 0.6 is 23.2 Å². The minimum atomic E-state index is -4.22. The van der Waals surface area contributed by atoms with Gasteiger partial charge in [-0.05, 0) is 73.4 Å². The van der Waals surface area contributed by atoms with Crippen LogP contribution in [0.5, 0.6) is 0 Å². The van der Waals surface area contributed by atoms with E-state index in [-0.39, 0.29) is 29.8 Å². The molecule has 1 saturated carbocycles. The standard InChI is InChI=1S/C37H39Cl2N3O4S/c1-27-16-20-32(21-17-27)42(47(45,46)33-22-18-30(38)19-23-33)26-36(43)41(25-29-12-8-9-15-34(29)39)35(24-28-10-4-2-5-11-28)37(44)40-31-13-6-3-7-14-31/h2,4-5,8-12,15-23,31,35H,3,6-7,13-14,24-26H2,1H3,(H,40,44)/t35-/m0/s1. The summed E-state index contributed by atoms with van der Waals surface area (Å²) in [7, 11) is -4.22. The Morgan fingerprint density at radius 2 is 1.47 bits per heavy atom. The molecule has 2 amide bonds. The van der Waals surface area contributed by atoms with E-state index in [4.69, 9.17) is 23.2 Å². The molecule has 5 rings (SSSR count). The minimum Gasteiger partial charge on any atom is -0.352 e. The van der Waals surface area contributed by atoms with Crippen LogP contribution < -0.4 is 9.62 Å². The number of nitrogens with zero attached hydrogens (tertiary/aromatic N) is 2. The summed E-state index contributed by atoms with van der Waals surface area (Å²) in [5.74, 6) is -0.814. The summed E-state index contributed by atoms with van der Waals surface area (Å²) < 4.78 is 29.4. The third kappa shape index (κ3) is 8.95. The zero-order valence-corrected chi connectivity index (χ0v) is 28.6. The van der Waals surface area contributed by atoms with E-state index in [0.29, 0.717) is 21.3 Å². The molecule has 0 aromatic heterocycles. The minimum absolute atomic E-state index is 0.0104. The number of hydrogen-bond acceptors (Lipinski definition) is 4. The van der Waals surface area contributed by atoms with Crippen molar-refractivity contribution in [1.82, 2.24) is 10.2 Å². The average molecular weight is 693 g/mol. The number of benzene rings is 4. The van der Waals surface area contributed by atoms with Crippen molar-refractivity contribution in [1.29, 1.82) is 0 Å². The number of rotatable bonds is 12. The van der Waals surface area contributed by atoms with Gasteiger partial charge in [0.15, 0.2) is 0 Å². The monoisotopic (exact) mass is 691 g/mol. The van der Waals surface area contributed by atoms with E-state index in [1.54, 1.807) is 36.4 Å². The Kier molecular flexibility index (Phi) is 11.6. The van der Waals surface area contributed by atoms with Gasteiger partial charge in [0.25, 0.3) is 10.0 Å². The molecule has 1 fully saturated rings. The summed E-state index contributed by atoms with van der Waals surface area (Å²) in [5, 5.41) is 4.05. The van der Waals surface area contributed by atoms with Crippen molar-refractivity contribution >= 4 is 50.7 Å². The van der Waals surface area contributed by atoms with Crippen molar-refractivity contribution in [3.63, 3.8) is 0 Å². The van der Waals surface area contributed by atoms with Crippen LogP contribution in [0.3, 0.4) is 0 Å². The smallest absolute Gasteiger partial charge is 0.264 e. The van der Waals surface area contributed by atoms with Gasteiger partial charge in [0.1, 0.15) is 12.6 Å². The first-order valence-electron chi connectivity index (χ1n) is 15.8. The fourth-order valence-electron chi connectivity index (χ4n) is 5.88. The van der Waals surface area contributed by atoms with E-state index in [9.17, 15) is 18.0 Å². The molecule has 7 nitrogen and oxygen atoms in total. The molecule has 0 heterocycles. The molecule has 1 atom stereocenters.